The van der Waals surface area contributed by atoms with Crippen LogP contribution < -0.4 is 5.73 Å². The van der Waals surface area contributed by atoms with E-state index in [0.29, 0.717) is 28.0 Å². The highest BCUT2D eigenvalue weighted by molar-refractivity contribution is 6.80. The summed E-state index contributed by atoms with van der Waals surface area (Å²) >= 11 is 0. The van der Waals surface area contributed by atoms with Crippen LogP contribution in [-0.4, -0.2) is 49.6 Å². The highest BCUT2D eigenvalue weighted by Crippen LogP contribution is 2.41. The molecule has 7 nitrogen and oxygen atoms in total. The molecule has 170 valence electrons. The Labute approximate surface area is 183 Å². The van der Waals surface area contributed by atoms with Gasteiger partial charge in [0.15, 0.2) is 19.8 Å². The summed E-state index contributed by atoms with van der Waals surface area (Å²) in [6.45, 7) is 19.7. The normalized spacial score (nSPS) is 15.3. The summed E-state index contributed by atoms with van der Waals surface area (Å²) in [5, 5.41) is 0. The molecular weight excluding hydrogens is 410 g/mol. The van der Waals surface area contributed by atoms with Crippen molar-refractivity contribution >= 4 is 33.4 Å². The van der Waals surface area contributed by atoms with Crippen LogP contribution in [-0.2, 0) is 9.16 Å². The average molecular weight is 452 g/mol. The SMILES string of the molecule is CO[C@H](CC(CCO[Si](C)(C)C(C)C)[Si](C)(C)C(C)C)n1cnc2c(N)ncnc21. The predicted octanol–water partition coefficient (Wildman–Crippen LogP) is 5.45. The Bertz CT molecular complexity index is 823. The van der Waals surface area contributed by atoms with Gasteiger partial charge in [0.1, 0.15) is 18.1 Å². The number of hydrogen-bond acceptors (Lipinski definition) is 6. The van der Waals surface area contributed by atoms with Crippen molar-refractivity contribution in [3.05, 3.63) is 12.7 Å². The zero-order valence-corrected chi connectivity index (χ0v) is 22.3. The fraction of sp³-hybridized carbons (Fsp3) is 0.762. The van der Waals surface area contributed by atoms with E-state index in [1.807, 2.05) is 4.57 Å². The summed E-state index contributed by atoms with van der Waals surface area (Å²) in [5.41, 5.74) is 9.17. The number of aromatic nitrogens is 4. The summed E-state index contributed by atoms with van der Waals surface area (Å²) in [4.78, 5) is 12.9. The molecule has 0 amide bonds. The first-order valence-corrected chi connectivity index (χ1v) is 17.2. The molecular formula is C21H41N5O2Si2. The molecule has 2 N–H and O–H groups in total. The quantitative estimate of drug-likeness (QED) is 0.457. The molecule has 9 heteroatoms. The number of nitrogens with zero attached hydrogens (tertiary/aromatic N) is 4. The van der Waals surface area contributed by atoms with Crippen molar-refractivity contribution in [2.45, 2.75) is 89.6 Å². The smallest absolute Gasteiger partial charge is 0.189 e. The van der Waals surface area contributed by atoms with Crippen molar-refractivity contribution in [1.82, 2.24) is 19.5 Å². The van der Waals surface area contributed by atoms with Gasteiger partial charge in [0, 0.05) is 13.7 Å². The Morgan fingerprint density at radius 1 is 1.03 bits per heavy atom. The maximum Gasteiger partial charge on any atom is 0.189 e. The largest absolute Gasteiger partial charge is 0.417 e. The van der Waals surface area contributed by atoms with Crippen LogP contribution in [0.25, 0.3) is 11.2 Å². The molecule has 2 heterocycles. The lowest BCUT2D eigenvalue weighted by Gasteiger charge is -2.39. The molecule has 0 aromatic carbocycles. The molecule has 30 heavy (non-hydrogen) atoms. The van der Waals surface area contributed by atoms with E-state index >= 15 is 0 Å². The molecule has 2 rings (SSSR count). The number of nitrogens with two attached hydrogens (primary N) is 1. The molecule has 2 aromatic heterocycles. The second kappa shape index (κ2) is 9.89. The number of ether oxygens (including phenoxy) is 1. The van der Waals surface area contributed by atoms with Crippen molar-refractivity contribution < 1.29 is 9.16 Å². The second-order valence-corrected chi connectivity index (χ2v) is 20.3. The van der Waals surface area contributed by atoms with E-state index < -0.39 is 16.4 Å². The second-order valence-electron chi connectivity index (χ2n) is 10.1. The van der Waals surface area contributed by atoms with Crippen LogP contribution in [0, 0.1) is 0 Å². The van der Waals surface area contributed by atoms with Crippen molar-refractivity contribution in [2.75, 3.05) is 19.5 Å². The molecule has 2 atom stereocenters. The summed E-state index contributed by atoms with van der Waals surface area (Å²) in [6.07, 6.45) is 5.09. The molecule has 0 radical (unpaired) electrons. The van der Waals surface area contributed by atoms with E-state index in [1.54, 1.807) is 13.4 Å². The van der Waals surface area contributed by atoms with Gasteiger partial charge in [0.05, 0.1) is 14.4 Å². The van der Waals surface area contributed by atoms with E-state index in [2.05, 4.69) is 68.8 Å². The predicted molar refractivity (Wildman–Crippen MR) is 130 cm³/mol. The lowest BCUT2D eigenvalue weighted by atomic mass is 10.2. The molecule has 0 saturated carbocycles. The number of hydrogen-bond donors (Lipinski definition) is 1. The van der Waals surface area contributed by atoms with Gasteiger partial charge < -0.3 is 14.9 Å². The number of fused-ring (bicyclic) bond motifs is 1. The average Bonchev–Trinajstić information content (AvgIpc) is 3.09. The standard InChI is InChI=1S/C21H41N5O2Si2/c1-15(2)29(6,7)17(10-11-28-30(8,9)16(3)4)12-18(27-5)26-14-25-19-20(22)23-13-24-21(19)26/h13-18H,10-12H2,1-9H3,(H2,22,23,24)/t17?,18-/m1/s1. The van der Waals surface area contributed by atoms with Gasteiger partial charge in [-0.2, -0.15) is 0 Å². The van der Waals surface area contributed by atoms with Gasteiger partial charge in [0.2, 0.25) is 0 Å². The molecule has 1 unspecified atom stereocenters. The van der Waals surface area contributed by atoms with Crippen LogP contribution in [0.15, 0.2) is 12.7 Å². The van der Waals surface area contributed by atoms with Gasteiger partial charge in [0.25, 0.3) is 0 Å². The zero-order valence-electron chi connectivity index (χ0n) is 20.3. The van der Waals surface area contributed by atoms with Crippen LogP contribution in [0.4, 0.5) is 5.82 Å². The van der Waals surface area contributed by atoms with Crippen molar-refractivity contribution in [1.29, 1.82) is 0 Å². The number of methoxy groups -OCH3 is 1. The van der Waals surface area contributed by atoms with Crippen molar-refractivity contribution in [2.24, 2.45) is 0 Å². The molecule has 0 aliphatic rings. The molecule has 0 bridgehead atoms. The van der Waals surface area contributed by atoms with Crippen LogP contribution in [0.1, 0.15) is 46.8 Å². The summed E-state index contributed by atoms with van der Waals surface area (Å²) < 4.78 is 14.4. The third-order valence-electron chi connectivity index (χ3n) is 7.33. The molecule has 0 fully saturated rings. The van der Waals surface area contributed by atoms with Gasteiger partial charge >= 0.3 is 0 Å². The van der Waals surface area contributed by atoms with Gasteiger partial charge in [-0.1, -0.05) is 46.3 Å². The molecule has 0 aliphatic heterocycles. The minimum absolute atomic E-state index is 0.143. The lowest BCUT2D eigenvalue weighted by molar-refractivity contribution is 0.0361. The van der Waals surface area contributed by atoms with Crippen LogP contribution in [0.2, 0.25) is 42.8 Å². The van der Waals surface area contributed by atoms with E-state index in [1.165, 1.54) is 6.33 Å². The lowest BCUT2D eigenvalue weighted by Crippen LogP contribution is -2.39. The van der Waals surface area contributed by atoms with Crippen LogP contribution in [0.3, 0.4) is 0 Å². The first kappa shape index (κ1) is 25.0. The topological polar surface area (TPSA) is 88.1 Å². The number of nitrogen functional groups attached to an aromatic ring is 1. The van der Waals surface area contributed by atoms with E-state index in [4.69, 9.17) is 14.9 Å². The van der Waals surface area contributed by atoms with Gasteiger partial charge in [-0.3, -0.25) is 4.57 Å². The number of rotatable bonds is 11. The van der Waals surface area contributed by atoms with Crippen LogP contribution in [0.5, 0.6) is 0 Å². The summed E-state index contributed by atoms with van der Waals surface area (Å²) in [5.74, 6) is 0.399. The van der Waals surface area contributed by atoms with Crippen molar-refractivity contribution in [3.63, 3.8) is 0 Å². The number of anilines is 1. The van der Waals surface area contributed by atoms with E-state index in [-0.39, 0.29) is 6.23 Å². The highest BCUT2D eigenvalue weighted by atomic mass is 28.4. The third kappa shape index (κ3) is 5.49. The van der Waals surface area contributed by atoms with Gasteiger partial charge in [-0.25, -0.2) is 15.0 Å². The maximum atomic E-state index is 6.45. The fourth-order valence-corrected chi connectivity index (χ4v) is 7.13. The Kier molecular flexibility index (Phi) is 8.23. The Hall–Kier alpha value is -1.30. The highest BCUT2D eigenvalue weighted by Gasteiger charge is 2.37. The monoisotopic (exact) mass is 451 g/mol. The minimum atomic E-state index is -1.64. The summed E-state index contributed by atoms with van der Waals surface area (Å²) in [6, 6.07) is 0. The van der Waals surface area contributed by atoms with E-state index in [9.17, 15) is 0 Å². The maximum absolute atomic E-state index is 6.45. The van der Waals surface area contributed by atoms with Crippen LogP contribution >= 0.6 is 0 Å². The molecule has 2 aromatic rings. The summed E-state index contributed by atoms with van der Waals surface area (Å²) in [7, 11) is -1.42. The molecule has 0 spiro atoms. The Balaban J connectivity index is 2.25. The Morgan fingerprint density at radius 2 is 1.70 bits per heavy atom. The zero-order chi connectivity index (χ0) is 22.7. The first-order valence-electron chi connectivity index (χ1n) is 11.0. The fourth-order valence-electron chi connectivity index (χ4n) is 3.54. The minimum Gasteiger partial charge on any atom is -0.417 e. The Morgan fingerprint density at radius 3 is 2.27 bits per heavy atom. The van der Waals surface area contributed by atoms with E-state index in [0.717, 1.165) is 25.1 Å². The number of imidazole rings is 1. The first-order chi connectivity index (χ1) is 13.9. The van der Waals surface area contributed by atoms with Crippen molar-refractivity contribution in [3.8, 4) is 0 Å². The molecule has 0 aliphatic carbocycles. The van der Waals surface area contributed by atoms with Gasteiger partial charge in [-0.05, 0) is 37.0 Å². The van der Waals surface area contributed by atoms with Gasteiger partial charge in [-0.15, -0.1) is 0 Å². The molecule has 0 saturated heterocycles. The third-order valence-corrected chi connectivity index (χ3v) is 16.7.